The second kappa shape index (κ2) is 5.01. The molecule has 96 valence electrons. The zero-order valence-electron chi connectivity index (χ0n) is 10.5. The lowest BCUT2D eigenvalue weighted by Gasteiger charge is -2.10. The average Bonchev–Trinajstić information content (AvgIpc) is 2.84. The van der Waals surface area contributed by atoms with Crippen LogP contribution >= 0.6 is 15.9 Å². The van der Waals surface area contributed by atoms with Gasteiger partial charge in [-0.1, -0.05) is 40.2 Å². The van der Waals surface area contributed by atoms with E-state index in [0.29, 0.717) is 6.54 Å². The van der Waals surface area contributed by atoms with E-state index < -0.39 is 0 Å². The molecule has 2 aromatic carbocycles. The van der Waals surface area contributed by atoms with Crippen LogP contribution in [0.4, 0.5) is 5.69 Å². The van der Waals surface area contributed by atoms with Gasteiger partial charge in [-0.15, -0.1) is 10.2 Å². The third-order valence-electron chi connectivity index (χ3n) is 3.11. The van der Waals surface area contributed by atoms with Gasteiger partial charge in [0.05, 0.1) is 6.54 Å². The van der Waals surface area contributed by atoms with Gasteiger partial charge in [-0.05, 0) is 17.5 Å². The van der Waals surface area contributed by atoms with Gasteiger partial charge in [0.25, 0.3) is 0 Å². The van der Waals surface area contributed by atoms with Gasteiger partial charge in [0, 0.05) is 22.6 Å². The van der Waals surface area contributed by atoms with E-state index in [4.69, 9.17) is 0 Å². The third kappa shape index (κ3) is 2.33. The molecule has 0 bridgehead atoms. The average molecular weight is 317 g/mol. The normalized spacial score (nSPS) is 10.8. The van der Waals surface area contributed by atoms with Gasteiger partial charge in [0.2, 0.25) is 0 Å². The van der Waals surface area contributed by atoms with Crippen LogP contribution in [0, 0.1) is 0 Å². The molecule has 1 aromatic heterocycles. The lowest BCUT2D eigenvalue weighted by molar-refractivity contribution is 0.813. The third-order valence-corrected chi connectivity index (χ3v) is 3.80. The summed E-state index contributed by atoms with van der Waals surface area (Å²) in [4.78, 5) is 0. The Labute approximate surface area is 119 Å². The van der Waals surface area contributed by atoms with Crippen molar-refractivity contribution >= 4 is 32.4 Å². The van der Waals surface area contributed by atoms with Crippen molar-refractivity contribution in [2.75, 3.05) is 5.32 Å². The maximum Gasteiger partial charge on any atom is 0.151 e. The van der Waals surface area contributed by atoms with Crippen LogP contribution in [0.25, 0.3) is 10.8 Å². The Kier molecular flexibility index (Phi) is 3.21. The molecule has 0 saturated carbocycles. The van der Waals surface area contributed by atoms with Crippen LogP contribution in [0.3, 0.4) is 0 Å². The van der Waals surface area contributed by atoms with E-state index >= 15 is 0 Å². The van der Waals surface area contributed by atoms with Gasteiger partial charge in [-0.25, -0.2) is 0 Å². The summed E-state index contributed by atoms with van der Waals surface area (Å²) in [6.45, 7) is 0.655. The number of aromatic nitrogens is 3. The van der Waals surface area contributed by atoms with Crippen LogP contribution in [0.5, 0.6) is 0 Å². The van der Waals surface area contributed by atoms with Crippen LogP contribution in [-0.4, -0.2) is 14.8 Å². The fourth-order valence-corrected chi connectivity index (χ4v) is 2.54. The highest BCUT2D eigenvalue weighted by molar-refractivity contribution is 9.10. The largest absolute Gasteiger partial charge is 0.377 e. The topological polar surface area (TPSA) is 42.7 Å². The van der Waals surface area contributed by atoms with Crippen molar-refractivity contribution in [1.29, 1.82) is 0 Å². The Morgan fingerprint density at radius 1 is 1.16 bits per heavy atom. The summed E-state index contributed by atoms with van der Waals surface area (Å²) in [6.07, 6.45) is 1.71. The van der Waals surface area contributed by atoms with Crippen molar-refractivity contribution in [3.05, 3.63) is 53.0 Å². The number of hydrogen-bond acceptors (Lipinski definition) is 3. The fourth-order valence-electron chi connectivity index (χ4n) is 2.06. The van der Waals surface area contributed by atoms with E-state index in [9.17, 15) is 0 Å². The lowest BCUT2D eigenvalue weighted by atomic mass is 10.1. The van der Waals surface area contributed by atoms with Crippen molar-refractivity contribution < 1.29 is 0 Å². The van der Waals surface area contributed by atoms with Gasteiger partial charge in [0.1, 0.15) is 6.33 Å². The number of halogens is 1. The SMILES string of the molecule is Cn1cnnc1CNc1ccc(Br)c2ccccc12. The predicted molar refractivity (Wildman–Crippen MR) is 80.0 cm³/mol. The van der Waals surface area contributed by atoms with E-state index in [2.05, 4.69) is 55.7 Å². The first-order chi connectivity index (χ1) is 9.25. The van der Waals surface area contributed by atoms with Crippen molar-refractivity contribution in [2.45, 2.75) is 6.54 Å². The number of nitrogens with zero attached hydrogens (tertiary/aromatic N) is 3. The number of aryl methyl sites for hydroxylation is 1. The lowest BCUT2D eigenvalue weighted by Crippen LogP contribution is -2.05. The Hall–Kier alpha value is -1.88. The van der Waals surface area contributed by atoms with Crippen LogP contribution in [-0.2, 0) is 13.6 Å². The van der Waals surface area contributed by atoms with E-state index in [1.165, 1.54) is 10.8 Å². The minimum absolute atomic E-state index is 0.655. The van der Waals surface area contributed by atoms with Crippen LogP contribution < -0.4 is 5.32 Å². The molecule has 19 heavy (non-hydrogen) atoms. The van der Waals surface area contributed by atoms with Gasteiger partial charge in [0.15, 0.2) is 5.82 Å². The minimum atomic E-state index is 0.655. The summed E-state index contributed by atoms with van der Waals surface area (Å²) in [5.74, 6) is 0.909. The Bertz CT molecular complexity index is 720. The number of nitrogens with one attached hydrogen (secondary N) is 1. The summed E-state index contributed by atoms with van der Waals surface area (Å²) in [6, 6.07) is 12.4. The Morgan fingerprint density at radius 3 is 2.68 bits per heavy atom. The van der Waals surface area contributed by atoms with Gasteiger partial charge >= 0.3 is 0 Å². The maximum absolute atomic E-state index is 4.07. The van der Waals surface area contributed by atoms with Crippen LogP contribution in [0.2, 0.25) is 0 Å². The number of anilines is 1. The first kappa shape index (κ1) is 12.2. The van der Waals surface area contributed by atoms with E-state index in [0.717, 1.165) is 16.0 Å². The summed E-state index contributed by atoms with van der Waals surface area (Å²) in [5.41, 5.74) is 1.10. The maximum atomic E-state index is 4.07. The van der Waals surface area contributed by atoms with Crippen LogP contribution in [0.15, 0.2) is 47.2 Å². The van der Waals surface area contributed by atoms with Gasteiger partial charge in [-0.2, -0.15) is 0 Å². The summed E-state index contributed by atoms with van der Waals surface area (Å²) in [5, 5.41) is 13.8. The molecule has 1 N–H and O–H groups in total. The number of benzene rings is 2. The summed E-state index contributed by atoms with van der Waals surface area (Å²) < 4.78 is 3.01. The Balaban J connectivity index is 1.93. The molecule has 5 heteroatoms. The molecule has 0 fully saturated rings. The van der Waals surface area contributed by atoms with Crippen molar-refractivity contribution in [3.8, 4) is 0 Å². The molecule has 0 unspecified atom stereocenters. The number of hydrogen-bond donors (Lipinski definition) is 1. The molecule has 3 rings (SSSR count). The zero-order chi connectivity index (χ0) is 13.2. The molecule has 3 aromatic rings. The first-order valence-corrected chi connectivity index (χ1v) is 6.79. The molecule has 0 radical (unpaired) electrons. The Morgan fingerprint density at radius 2 is 1.95 bits per heavy atom. The van der Waals surface area contributed by atoms with Crippen molar-refractivity contribution in [2.24, 2.45) is 7.05 Å². The smallest absolute Gasteiger partial charge is 0.151 e. The standard InChI is InChI=1S/C14H13BrN4/c1-19-9-17-18-14(19)8-16-13-7-6-12(15)10-4-2-3-5-11(10)13/h2-7,9,16H,8H2,1H3. The molecular formula is C14H13BrN4. The molecule has 0 spiro atoms. The summed E-state index contributed by atoms with van der Waals surface area (Å²) >= 11 is 3.58. The summed E-state index contributed by atoms with van der Waals surface area (Å²) in [7, 11) is 1.94. The molecule has 0 saturated heterocycles. The number of fused-ring (bicyclic) bond motifs is 1. The van der Waals surface area contributed by atoms with E-state index in [1.54, 1.807) is 6.33 Å². The zero-order valence-corrected chi connectivity index (χ0v) is 12.1. The van der Waals surface area contributed by atoms with Gasteiger partial charge in [-0.3, -0.25) is 0 Å². The highest BCUT2D eigenvalue weighted by Crippen LogP contribution is 2.30. The minimum Gasteiger partial charge on any atom is -0.377 e. The molecule has 0 aliphatic heterocycles. The van der Waals surface area contributed by atoms with Crippen molar-refractivity contribution in [1.82, 2.24) is 14.8 Å². The molecule has 0 amide bonds. The predicted octanol–water partition coefficient (Wildman–Crippen LogP) is 3.34. The molecule has 0 aliphatic rings. The number of rotatable bonds is 3. The van der Waals surface area contributed by atoms with E-state index in [-0.39, 0.29) is 0 Å². The highest BCUT2D eigenvalue weighted by atomic mass is 79.9. The molecular weight excluding hydrogens is 304 g/mol. The van der Waals surface area contributed by atoms with Crippen molar-refractivity contribution in [3.63, 3.8) is 0 Å². The fraction of sp³-hybridized carbons (Fsp3) is 0.143. The molecule has 4 nitrogen and oxygen atoms in total. The molecule has 1 heterocycles. The molecule has 0 aliphatic carbocycles. The second-order valence-electron chi connectivity index (χ2n) is 4.35. The monoisotopic (exact) mass is 316 g/mol. The second-order valence-corrected chi connectivity index (χ2v) is 5.21. The highest BCUT2D eigenvalue weighted by Gasteiger charge is 2.05. The van der Waals surface area contributed by atoms with Gasteiger partial charge < -0.3 is 9.88 Å². The quantitative estimate of drug-likeness (QED) is 0.805. The molecule has 0 atom stereocenters. The van der Waals surface area contributed by atoms with Crippen LogP contribution in [0.1, 0.15) is 5.82 Å². The van der Waals surface area contributed by atoms with E-state index in [1.807, 2.05) is 23.7 Å². The first-order valence-electron chi connectivity index (χ1n) is 5.99.